The van der Waals surface area contributed by atoms with Gasteiger partial charge in [-0.3, -0.25) is 14.4 Å². The van der Waals surface area contributed by atoms with E-state index in [1.165, 1.54) is 18.7 Å². The zero-order valence-electron chi connectivity index (χ0n) is 11.4. The lowest BCUT2D eigenvalue weighted by atomic mass is 10.1. The highest BCUT2D eigenvalue weighted by Crippen LogP contribution is 2.13. The Morgan fingerprint density at radius 3 is 2.65 bits per heavy atom. The highest BCUT2D eigenvalue weighted by atomic mass is 32.2. The summed E-state index contributed by atoms with van der Waals surface area (Å²) in [6.07, 6.45) is 0. The highest BCUT2D eigenvalue weighted by molar-refractivity contribution is 8.00. The Morgan fingerprint density at radius 2 is 2.05 bits per heavy atom. The number of ketones is 1. The van der Waals surface area contributed by atoms with Gasteiger partial charge in [0.1, 0.15) is 0 Å². The van der Waals surface area contributed by atoms with Gasteiger partial charge in [-0.15, -0.1) is 0 Å². The van der Waals surface area contributed by atoms with Gasteiger partial charge in [-0.25, -0.2) is 0 Å². The van der Waals surface area contributed by atoms with Crippen LogP contribution in [0.25, 0.3) is 0 Å². The standard InChI is InChI=1S/C14H17NO4S/c1-9(14(18)19)7-20-8-13(17)15-12-5-3-4-11(6-12)10(2)16/h3-6,9H,7-8H2,1-2H3,(H,15,17)(H,18,19). The van der Waals surface area contributed by atoms with Crippen LogP contribution < -0.4 is 5.32 Å². The minimum absolute atomic E-state index is 0.0641. The highest BCUT2D eigenvalue weighted by Gasteiger charge is 2.12. The van der Waals surface area contributed by atoms with E-state index in [4.69, 9.17) is 5.11 Å². The summed E-state index contributed by atoms with van der Waals surface area (Å²) in [6.45, 7) is 3.06. The van der Waals surface area contributed by atoms with E-state index < -0.39 is 11.9 Å². The van der Waals surface area contributed by atoms with Crippen LogP contribution >= 0.6 is 11.8 Å². The number of aliphatic carboxylic acids is 1. The molecular formula is C14H17NO4S. The number of carboxylic acid groups (broad SMARTS) is 1. The quantitative estimate of drug-likeness (QED) is 0.754. The van der Waals surface area contributed by atoms with Gasteiger partial charge in [-0.2, -0.15) is 11.8 Å². The Morgan fingerprint density at radius 1 is 1.35 bits per heavy atom. The first-order valence-corrected chi connectivity index (χ1v) is 7.27. The summed E-state index contributed by atoms with van der Waals surface area (Å²) in [5.74, 6) is -1.06. The summed E-state index contributed by atoms with van der Waals surface area (Å²) in [4.78, 5) is 33.5. The zero-order valence-corrected chi connectivity index (χ0v) is 12.2. The molecule has 0 aliphatic heterocycles. The van der Waals surface area contributed by atoms with Crippen molar-refractivity contribution in [1.29, 1.82) is 0 Å². The number of amides is 1. The predicted octanol–water partition coefficient (Wildman–Crippen LogP) is 2.28. The van der Waals surface area contributed by atoms with Crippen LogP contribution in [0, 0.1) is 5.92 Å². The normalized spacial score (nSPS) is 11.7. The van der Waals surface area contributed by atoms with Gasteiger partial charge in [0.15, 0.2) is 5.78 Å². The molecule has 6 heteroatoms. The summed E-state index contributed by atoms with van der Waals surface area (Å²) in [7, 11) is 0. The second-order valence-corrected chi connectivity index (χ2v) is 5.47. The van der Waals surface area contributed by atoms with Crippen molar-refractivity contribution in [2.75, 3.05) is 16.8 Å². The van der Waals surface area contributed by atoms with E-state index in [0.29, 0.717) is 17.0 Å². The van der Waals surface area contributed by atoms with Gasteiger partial charge in [-0.05, 0) is 19.1 Å². The van der Waals surface area contributed by atoms with Gasteiger partial charge < -0.3 is 10.4 Å². The van der Waals surface area contributed by atoms with Crippen molar-refractivity contribution in [3.8, 4) is 0 Å². The third-order valence-electron chi connectivity index (χ3n) is 2.58. The molecule has 2 N–H and O–H groups in total. The van der Waals surface area contributed by atoms with Gasteiger partial charge in [0.25, 0.3) is 0 Å². The fraction of sp³-hybridized carbons (Fsp3) is 0.357. The van der Waals surface area contributed by atoms with E-state index in [0.717, 1.165) is 0 Å². The minimum Gasteiger partial charge on any atom is -0.481 e. The molecule has 0 saturated carbocycles. The fourth-order valence-corrected chi connectivity index (χ4v) is 2.28. The number of thioether (sulfide) groups is 1. The molecule has 0 spiro atoms. The fourth-order valence-electron chi connectivity index (χ4n) is 1.41. The maximum Gasteiger partial charge on any atom is 0.307 e. The van der Waals surface area contributed by atoms with Crippen molar-refractivity contribution >= 4 is 35.1 Å². The van der Waals surface area contributed by atoms with Crippen LogP contribution in [0.15, 0.2) is 24.3 Å². The lowest BCUT2D eigenvalue weighted by Gasteiger charge is -2.07. The SMILES string of the molecule is CC(=O)c1cccc(NC(=O)CSCC(C)C(=O)O)c1. The molecule has 0 aromatic heterocycles. The number of hydrogen-bond donors (Lipinski definition) is 2. The van der Waals surface area contributed by atoms with Crippen molar-refractivity contribution in [2.24, 2.45) is 5.92 Å². The van der Waals surface area contributed by atoms with Crippen LogP contribution in [-0.4, -0.2) is 34.3 Å². The monoisotopic (exact) mass is 295 g/mol. The minimum atomic E-state index is -0.868. The third-order valence-corrected chi connectivity index (χ3v) is 3.78. The van der Waals surface area contributed by atoms with Crippen LogP contribution in [-0.2, 0) is 9.59 Å². The number of hydrogen-bond acceptors (Lipinski definition) is 4. The van der Waals surface area contributed by atoms with Gasteiger partial charge in [-0.1, -0.05) is 19.1 Å². The number of carbonyl (C=O) groups excluding carboxylic acids is 2. The average Bonchev–Trinajstić information content (AvgIpc) is 2.38. The largest absolute Gasteiger partial charge is 0.481 e. The summed E-state index contributed by atoms with van der Waals surface area (Å²) >= 11 is 1.27. The molecule has 0 heterocycles. The van der Waals surface area contributed by atoms with Crippen molar-refractivity contribution in [3.63, 3.8) is 0 Å². The maximum absolute atomic E-state index is 11.7. The van der Waals surface area contributed by atoms with Crippen LogP contribution in [0.5, 0.6) is 0 Å². The Labute approximate surface area is 121 Å². The van der Waals surface area contributed by atoms with E-state index in [1.807, 2.05) is 0 Å². The van der Waals surface area contributed by atoms with Crippen molar-refractivity contribution < 1.29 is 19.5 Å². The maximum atomic E-state index is 11.7. The Hall–Kier alpha value is -1.82. The summed E-state index contributed by atoms with van der Waals surface area (Å²) in [5, 5.41) is 11.4. The van der Waals surface area contributed by atoms with E-state index in [9.17, 15) is 14.4 Å². The summed E-state index contributed by atoms with van der Waals surface area (Å²) < 4.78 is 0. The lowest BCUT2D eigenvalue weighted by molar-refractivity contribution is -0.140. The molecule has 5 nitrogen and oxygen atoms in total. The molecule has 0 saturated heterocycles. The number of rotatable bonds is 7. The summed E-state index contributed by atoms with van der Waals surface area (Å²) in [5.41, 5.74) is 1.10. The molecule has 0 aliphatic rings. The number of carboxylic acids is 1. The molecule has 1 atom stereocenters. The average molecular weight is 295 g/mol. The van der Waals surface area contributed by atoms with Gasteiger partial charge in [0.2, 0.25) is 5.91 Å². The summed E-state index contributed by atoms with van der Waals surface area (Å²) in [6, 6.07) is 6.70. The van der Waals surface area contributed by atoms with Gasteiger partial charge in [0, 0.05) is 17.0 Å². The molecule has 1 rings (SSSR count). The zero-order chi connectivity index (χ0) is 15.1. The predicted molar refractivity (Wildman–Crippen MR) is 79.2 cm³/mol. The van der Waals surface area contributed by atoms with Crippen LogP contribution in [0.1, 0.15) is 24.2 Å². The van der Waals surface area contributed by atoms with E-state index in [2.05, 4.69) is 5.32 Å². The smallest absolute Gasteiger partial charge is 0.307 e. The molecule has 0 bridgehead atoms. The second kappa shape index (κ2) is 7.69. The van der Waals surface area contributed by atoms with Crippen LogP contribution in [0.2, 0.25) is 0 Å². The lowest BCUT2D eigenvalue weighted by Crippen LogP contribution is -2.17. The molecule has 0 aliphatic carbocycles. The molecule has 1 unspecified atom stereocenters. The van der Waals surface area contributed by atoms with Crippen LogP contribution in [0.3, 0.4) is 0 Å². The molecule has 1 aromatic carbocycles. The van der Waals surface area contributed by atoms with Crippen LogP contribution in [0.4, 0.5) is 5.69 Å². The van der Waals surface area contributed by atoms with E-state index >= 15 is 0 Å². The number of benzene rings is 1. The molecule has 0 fully saturated rings. The molecule has 0 radical (unpaired) electrons. The number of anilines is 1. The molecule has 20 heavy (non-hydrogen) atoms. The first-order chi connectivity index (χ1) is 9.40. The molecular weight excluding hydrogens is 278 g/mol. The first kappa shape index (κ1) is 16.2. The Bertz CT molecular complexity index is 516. The topological polar surface area (TPSA) is 83.5 Å². The van der Waals surface area contributed by atoms with Crippen molar-refractivity contribution in [2.45, 2.75) is 13.8 Å². The number of nitrogens with one attached hydrogen (secondary N) is 1. The Kier molecular flexibility index (Phi) is 6.24. The Balaban J connectivity index is 2.44. The van der Waals surface area contributed by atoms with Crippen molar-refractivity contribution in [3.05, 3.63) is 29.8 Å². The van der Waals surface area contributed by atoms with Gasteiger partial charge >= 0.3 is 5.97 Å². The first-order valence-electron chi connectivity index (χ1n) is 6.11. The van der Waals surface area contributed by atoms with E-state index in [1.54, 1.807) is 31.2 Å². The van der Waals surface area contributed by atoms with E-state index in [-0.39, 0.29) is 17.4 Å². The second-order valence-electron chi connectivity index (χ2n) is 4.44. The third kappa shape index (κ3) is 5.44. The molecule has 1 aromatic rings. The number of Topliss-reactive ketones (excluding diaryl/α,β-unsaturated/α-hetero) is 1. The van der Waals surface area contributed by atoms with Crippen molar-refractivity contribution in [1.82, 2.24) is 0 Å². The molecule has 1 amide bonds. The van der Waals surface area contributed by atoms with Gasteiger partial charge in [0.05, 0.1) is 11.7 Å². The number of carbonyl (C=O) groups is 3. The molecule has 108 valence electrons.